The van der Waals surface area contributed by atoms with Crippen LogP contribution in [0.5, 0.6) is 5.75 Å². The minimum atomic E-state index is -4.80. The molecule has 0 bridgehead atoms. The van der Waals surface area contributed by atoms with Gasteiger partial charge in [-0.2, -0.15) is 0 Å². The van der Waals surface area contributed by atoms with E-state index in [1.807, 2.05) is 24.3 Å². The minimum Gasteiger partial charge on any atom is -0.406 e. The van der Waals surface area contributed by atoms with Crippen LogP contribution in [0.4, 0.5) is 18.9 Å². The van der Waals surface area contributed by atoms with Gasteiger partial charge in [-0.05, 0) is 61.6 Å². The Morgan fingerprint density at radius 3 is 2.51 bits per heavy atom. The predicted octanol–water partition coefficient (Wildman–Crippen LogP) is 4.15. The highest BCUT2D eigenvalue weighted by atomic mass is 19.4. The van der Waals surface area contributed by atoms with Gasteiger partial charge in [-0.3, -0.25) is 15.0 Å². The fourth-order valence-corrected chi connectivity index (χ4v) is 6.21. The molecule has 2 amide bonds. The molecular formula is C27H29F3N6O3. The lowest BCUT2D eigenvalue weighted by Crippen LogP contribution is -2.53. The van der Waals surface area contributed by atoms with Crippen LogP contribution in [-0.2, 0) is 4.79 Å². The number of nitrogens with zero attached hydrogens (tertiary/aromatic N) is 3. The van der Waals surface area contributed by atoms with E-state index in [0.717, 1.165) is 55.5 Å². The molecule has 3 unspecified atom stereocenters. The normalized spacial score (nSPS) is 23.7. The van der Waals surface area contributed by atoms with Crippen LogP contribution in [0.1, 0.15) is 66.9 Å². The van der Waals surface area contributed by atoms with Crippen LogP contribution in [0.25, 0.3) is 0 Å². The summed E-state index contributed by atoms with van der Waals surface area (Å²) in [5, 5.41) is 4.08. The zero-order valence-corrected chi connectivity index (χ0v) is 21.1. The van der Waals surface area contributed by atoms with Crippen molar-refractivity contribution in [3.05, 3.63) is 59.7 Å². The number of hydrogen-bond donors (Lipinski definition) is 3. The molecule has 3 N–H and O–H groups in total. The standard InChI is InChI=1S/C27H29F3N6O3/c28-27(29,30)39-18-12-8-16(9-13-18)26(38)36-21-6-2-1-4-19(21)25(20-5-3-7-22(20)36)35(17-10-11-17)24(37)15-14-23-31-33-34-32-23/h1-2,4,6,8-9,12-13,17,20,22,25,33-34H,3,5,7,10-11,14-15H2,(H,31,32). The molecule has 2 heterocycles. The summed E-state index contributed by atoms with van der Waals surface area (Å²) in [6.07, 6.45) is 0.500. The van der Waals surface area contributed by atoms with E-state index in [1.165, 1.54) is 12.1 Å². The van der Waals surface area contributed by atoms with E-state index in [0.29, 0.717) is 18.7 Å². The highest BCUT2D eigenvalue weighted by molar-refractivity contribution is 6.07. The molecule has 0 radical (unpaired) electrons. The molecule has 12 heteroatoms. The number of alkyl halides is 3. The quantitative estimate of drug-likeness (QED) is 0.486. The van der Waals surface area contributed by atoms with Gasteiger partial charge in [0.25, 0.3) is 5.91 Å². The predicted molar refractivity (Wildman–Crippen MR) is 136 cm³/mol. The molecule has 39 heavy (non-hydrogen) atoms. The number of para-hydroxylation sites is 1. The van der Waals surface area contributed by atoms with E-state index in [-0.39, 0.29) is 47.2 Å². The molecule has 2 saturated carbocycles. The summed E-state index contributed by atoms with van der Waals surface area (Å²) >= 11 is 0. The van der Waals surface area contributed by atoms with Crippen LogP contribution >= 0.6 is 0 Å². The van der Waals surface area contributed by atoms with E-state index in [4.69, 9.17) is 0 Å². The first kappa shape index (κ1) is 25.5. The lowest BCUT2D eigenvalue weighted by Gasteiger charge is -2.48. The van der Waals surface area contributed by atoms with E-state index in [9.17, 15) is 22.8 Å². The van der Waals surface area contributed by atoms with Crippen molar-refractivity contribution in [3.8, 4) is 5.75 Å². The Kier molecular flexibility index (Phi) is 6.57. The minimum absolute atomic E-state index is 0.0616. The first-order valence-electron chi connectivity index (χ1n) is 13.2. The fourth-order valence-electron chi connectivity index (χ4n) is 6.21. The monoisotopic (exact) mass is 542 g/mol. The first-order valence-corrected chi connectivity index (χ1v) is 13.2. The van der Waals surface area contributed by atoms with Crippen molar-refractivity contribution < 1.29 is 27.5 Å². The Bertz CT molecular complexity index is 1280. The Morgan fingerprint density at radius 1 is 1.05 bits per heavy atom. The van der Waals surface area contributed by atoms with Gasteiger partial charge in [0.15, 0.2) is 0 Å². The summed E-state index contributed by atoms with van der Waals surface area (Å²) in [7, 11) is 0. The van der Waals surface area contributed by atoms with Gasteiger partial charge in [0, 0.05) is 42.1 Å². The van der Waals surface area contributed by atoms with Crippen molar-refractivity contribution >= 4 is 23.3 Å². The Morgan fingerprint density at radius 2 is 1.82 bits per heavy atom. The zero-order chi connectivity index (χ0) is 27.1. The molecule has 0 spiro atoms. The lowest BCUT2D eigenvalue weighted by atomic mass is 9.81. The van der Waals surface area contributed by atoms with E-state index in [1.54, 1.807) is 4.90 Å². The second kappa shape index (κ2) is 10.1. The van der Waals surface area contributed by atoms with Gasteiger partial charge in [-0.1, -0.05) is 24.6 Å². The smallest absolute Gasteiger partial charge is 0.406 e. The zero-order valence-electron chi connectivity index (χ0n) is 21.1. The fraction of sp³-hybridized carbons (Fsp3) is 0.444. The maximum absolute atomic E-state index is 13.9. The molecule has 0 aromatic heterocycles. The number of fused-ring (bicyclic) bond motifs is 2. The number of amides is 2. The highest BCUT2D eigenvalue weighted by Crippen LogP contribution is 2.53. The second-order valence-corrected chi connectivity index (χ2v) is 10.4. The molecule has 2 aliphatic carbocycles. The van der Waals surface area contributed by atoms with Gasteiger partial charge in [0.05, 0.1) is 6.04 Å². The van der Waals surface area contributed by atoms with Crippen LogP contribution in [-0.4, -0.2) is 41.0 Å². The van der Waals surface area contributed by atoms with E-state index >= 15 is 0 Å². The Balaban J connectivity index is 1.31. The molecule has 4 aliphatic rings. The average molecular weight is 543 g/mol. The summed E-state index contributed by atoms with van der Waals surface area (Å²) in [4.78, 5) is 31.4. The number of halogens is 3. The molecule has 2 aromatic rings. The van der Waals surface area contributed by atoms with Crippen LogP contribution in [0.3, 0.4) is 0 Å². The van der Waals surface area contributed by atoms with Crippen LogP contribution in [0.2, 0.25) is 0 Å². The van der Waals surface area contributed by atoms with Gasteiger partial charge in [0.1, 0.15) is 11.6 Å². The average Bonchev–Trinajstić information content (AvgIpc) is 3.38. The molecule has 6 rings (SSSR count). The number of hydrazine groups is 2. The largest absolute Gasteiger partial charge is 0.573 e. The maximum Gasteiger partial charge on any atom is 0.573 e. The van der Waals surface area contributed by atoms with Gasteiger partial charge in [0.2, 0.25) is 5.91 Å². The Hall–Kier alpha value is -3.80. The number of nitrogens with one attached hydrogen (secondary N) is 3. The number of amidine groups is 1. The SMILES string of the molecule is O=C(c1ccc(OC(F)(F)F)cc1)N1c2ccccc2C(N(C(=O)CCC2=NNNN2)C2CC2)C2CCCC21. The molecule has 206 valence electrons. The van der Waals surface area contributed by atoms with Crippen LogP contribution < -0.4 is 26.1 Å². The number of hydrazone groups is 1. The number of hydrogen-bond acceptors (Lipinski definition) is 7. The van der Waals surface area contributed by atoms with Crippen molar-refractivity contribution in [2.24, 2.45) is 11.0 Å². The summed E-state index contributed by atoms with van der Waals surface area (Å²) in [5.41, 5.74) is 10.2. The molecule has 2 fully saturated rings. The number of rotatable bonds is 7. The van der Waals surface area contributed by atoms with Crippen molar-refractivity contribution in [1.29, 1.82) is 0 Å². The van der Waals surface area contributed by atoms with Crippen molar-refractivity contribution in [2.75, 3.05) is 4.90 Å². The van der Waals surface area contributed by atoms with Crippen molar-refractivity contribution in [1.82, 2.24) is 21.4 Å². The van der Waals surface area contributed by atoms with E-state index in [2.05, 4.69) is 31.2 Å². The van der Waals surface area contributed by atoms with Crippen LogP contribution in [0, 0.1) is 5.92 Å². The second-order valence-electron chi connectivity index (χ2n) is 10.4. The maximum atomic E-state index is 13.9. The molecule has 9 nitrogen and oxygen atoms in total. The molecule has 2 aliphatic heterocycles. The molecule has 2 aromatic carbocycles. The number of anilines is 1. The number of carbonyl (C=O) groups is 2. The Labute approximate surface area is 223 Å². The number of carbonyl (C=O) groups excluding carboxylic acids is 2. The summed E-state index contributed by atoms with van der Waals surface area (Å²) in [5.74, 6) is 0.156. The lowest BCUT2D eigenvalue weighted by molar-refractivity contribution is -0.274. The van der Waals surface area contributed by atoms with E-state index < -0.39 is 6.36 Å². The van der Waals surface area contributed by atoms with Gasteiger partial charge >= 0.3 is 6.36 Å². The summed E-state index contributed by atoms with van der Waals surface area (Å²) in [6.45, 7) is 0. The van der Waals surface area contributed by atoms with Crippen LogP contribution in [0.15, 0.2) is 53.6 Å². The van der Waals surface area contributed by atoms with Gasteiger partial charge < -0.3 is 14.5 Å². The number of benzene rings is 2. The number of ether oxygens (including phenoxy) is 1. The highest BCUT2D eigenvalue weighted by Gasteiger charge is 2.51. The van der Waals surface area contributed by atoms with Gasteiger partial charge in [-0.25, -0.2) is 5.53 Å². The third kappa shape index (κ3) is 5.12. The third-order valence-corrected chi connectivity index (χ3v) is 7.89. The van der Waals surface area contributed by atoms with Crippen molar-refractivity contribution in [2.45, 2.75) is 69.4 Å². The van der Waals surface area contributed by atoms with Gasteiger partial charge in [-0.15, -0.1) is 23.8 Å². The molecular weight excluding hydrogens is 513 g/mol. The first-order chi connectivity index (χ1) is 18.8. The molecule has 0 saturated heterocycles. The topological polar surface area (TPSA) is 98.3 Å². The summed E-state index contributed by atoms with van der Waals surface area (Å²) < 4.78 is 41.8. The van der Waals surface area contributed by atoms with Crippen molar-refractivity contribution in [3.63, 3.8) is 0 Å². The third-order valence-electron chi connectivity index (χ3n) is 7.89. The molecule has 3 atom stereocenters. The summed E-state index contributed by atoms with van der Waals surface area (Å²) in [6, 6.07) is 12.7.